The number of anilines is 1. The van der Waals surface area contributed by atoms with Crippen molar-refractivity contribution < 1.29 is 14.2 Å². The third-order valence-electron chi connectivity index (χ3n) is 1.91. The Morgan fingerprint density at radius 1 is 1.06 bits per heavy atom. The summed E-state index contributed by atoms with van der Waals surface area (Å²) >= 11 is 0. The SMILES string of the molecule is CCOCCCNc1nc(OC)nc(OC)n1. The van der Waals surface area contributed by atoms with Gasteiger partial charge in [0.25, 0.3) is 0 Å². The van der Waals surface area contributed by atoms with E-state index in [4.69, 9.17) is 14.2 Å². The lowest BCUT2D eigenvalue weighted by Gasteiger charge is -2.07. The molecule has 0 fully saturated rings. The maximum Gasteiger partial charge on any atom is 0.324 e. The monoisotopic (exact) mass is 242 g/mol. The van der Waals surface area contributed by atoms with Gasteiger partial charge >= 0.3 is 12.0 Å². The van der Waals surface area contributed by atoms with Crippen molar-refractivity contribution in [2.75, 3.05) is 39.3 Å². The van der Waals surface area contributed by atoms with Crippen LogP contribution in [0.25, 0.3) is 0 Å². The first-order chi connectivity index (χ1) is 8.30. The Morgan fingerprint density at radius 3 is 2.24 bits per heavy atom. The first kappa shape index (κ1) is 13.4. The minimum atomic E-state index is 0.226. The predicted molar refractivity (Wildman–Crippen MR) is 62.5 cm³/mol. The molecule has 0 bridgehead atoms. The van der Waals surface area contributed by atoms with E-state index in [-0.39, 0.29) is 12.0 Å². The van der Waals surface area contributed by atoms with Crippen LogP contribution in [0.4, 0.5) is 5.95 Å². The Morgan fingerprint density at radius 2 is 1.71 bits per heavy atom. The van der Waals surface area contributed by atoms with Gasteiger partial charge < -0.3 is 19.5 Å². The van der Waals surface area contributed by atoms with Crippen LogP contribution in [0.3, 0.4) is 0 Å². The number of hydrogen-bond acceptors (Lipinski definition) is 7. The standard InChI is InChI=1S/C10H18N4O3/c1-4-17-7-5-6-11-8-12-9(15-2)14-10(13-8)16-3/h4-7H2,1-3H3,(H,11,12,13,14). The highest BCUT2D eigenvalue weighted by Crippen LogP contribution is 2.11. The fraction of sp³-hybridized carbons (Fsp3) is 0.700. The first-order valence-electron chi connectivity index (χ1n) is 5.45. The Labute approximate surface area is 101 Å². The van der Waals surface area contributed by atoms with E-state index < -0.39 is 0 Å². The molecule has 0 aliphatic heterocycles. The zero-order chi connectivity index (χ0) is 12.5. The molecule has 17 heavy (non-hydrogen) atoms. The van der Waals surface area contributed by atoms with Gasteiger partial charge in [0.1, 0.15) is 0 Å². The Kier molecular flexibility index (Phi) is 6.02. The van der Waals surface area contributed by atoms with Crippen LogP contribution in [0.5, 0.6) is 12.0 Å². The third kappa shape index (κ3) is 4.81. The molecule has 0 aliphatic rings. The van der Waals surface area contributed by atoms with Crippen molar-refractivity contribution in [2.45, 2.75) is 13.3 Å². The highest BCUT2D eigenvalue weighted by Gasteiger charge is 2.05. The summed E-state index contributed by atoms with van der Waals surface area (Å²) in [5.41, 5.74) is 0. The van der Waals surface area contributed by atoms with Crippen LogP contribution in [0, 0.1) is 0 Å². The summed E-state index contributed by atoms with van der Waals surface area (Å²) in [5.74, 6) is 0.435. The van der Waals surface area contributed by atoms with Gasteiger partial charge in [-0.2, -0.15) is 9.97 Å². The van der Waals surface area contributed by atoms with Crippen LogP contribution in [0.1, 0.15) is 13.3 Å². The molecule has 0 aliphatic carbocycles. The molecule has 0 atom stereocenters. The summed E-state index contributed by atoms with van der Waals surface area (Å²) < 4.78 is 15.1. The second kappa shape index (κ2) is 7.61. The number of nitrogens with zero attached hydrogens (tertiary/aromatic N) is 3. The van der Waals surface area contributed by atoms with E-state index in [1.807, 2.05) is 6.92 Å². The second-order valence-electron chi connectivity index (χ2n) is 3.11. The Bertz CT molecular complexity index is 313. The number of ether oxygens (including phenoxy) is 3. The quantitative estimate of drug-likeness (QED) is 0.673. The van der Waals surface area contributed by atoms with Crippen LogP contribution in [-0.4, -0.2) is 48.9 Å². The molecule has 96 valence electrons. The van der Waals surface area contributed by atoms with E-state index in [0.29, 0.717) is 12.6 Å². The lowest BCUT2D eigenvalue weighted by Crippen LogP contribution is -2.10. The molecule has 0 radical (unpaired) electrons. The minimum absolute atomic E-state index is 0.226. The minimum Gasteiger partial charge on any atom is -0.467 e. The van der Waals surface area contributed by atoms with E-state index in [2.05, 4.69) is 20.3 Å². The summed E-state index contributed by atoms with van der Waals surface area (Å²) in [7, 11) is 2.99. The maximum absolute atomic E-state index is 5.22. The molecule has 0 amide bonds. The van der Waals surface area contributed by atoms with Gasteiger partial charge in [-0.3, -0.25) is 0 Å². The average molecular weight is 242 g/mol. The summed E-state index contributed by atoms with van der Waals surface area (Å²) in [6, 6.07) is 0.452. The van der Waals surface area contributed by atoms with Crippen LogP contribution in [0.2, 0.25) is 0 Å². The zero-order valence-corrected chi connectivity index (χ0v) is 10.4. The summed E-state index contributed by atoms with van der Waals surface area (Å²) in [4.78, 5) is 12.0. The first-order valence-corrected chi connectivity index (χ1v) is 5.45. The molecule has 0 spiro atoms. The summed E-state index contributed by atoms with van der Waals surface area (Å²) in [5, 5.41) is 3.05. The van der Waals surface area contributed by atoms with Crippen molar-refractivity contribution >= 4 is 5.95 Å². The number of rotatable bonds is 8. The van der Waals surface area contributed by atoms with E-state index in [9.17, 15) is 0 Å². The van der Waals surface area contributed by atoms with Crippen LogP contribution in [0.15, 0.2) is 0 Å². The van der Waals surface area contributed by atoms with Gasteiger partial charge in [-0.05, 0) is 13.3 Å². The van der Waals surface area contributed by atoms with E-state index in [1.54, 1.807) is 0 Å². The molecule has 1 aromatic rings. The zero-order valence-electron chi connectivity index (χ0n) is 10.4. The number of aromatic nitrogens is 3. The van der Waals surface area contributed by atoms with Gasteiger partial charge in [0, 0.05) is 19.8 Å². The number of nitrogens with one attached hydrogen (secondary N) is 1. The van der Waals surface area contributed by atoms with Gasteiger partial charge in [0.05, 0.1) is 14.2 Å². The fourth-order valence-electron chi connectivity index (χ4n) is 1.12. The molecular weight excluding hydrogens is 224 g/mol. The third-order valence-corrected chi connectivity index (χ3v) is 1.91. The average Bonchev–Trinajstić information content (AvgIpc) is 2.38. The smallest absolute Gasteiger partial charge is 0.324 e. The lowest BCUT2D eigenvalue weighted by molar-refractivity contribution is 0.147. The maximum atomic E-state index is 5.22. The van der Waals surface area contributed by atoms with Gasteiger partial charge in [0.15, 0.2) is 0 Å². The van der Waals surface area contributed by atoms with Crippen molar-refractivity contribution in [3.8, 4) is 12.0 Å². The van der Waals surface area contributed by atoms with Gasteiger partial charge in [-0.25, -0.2) is 0 Å². The van der Waals surface area contributed by atoms with Crippen molar-refractivity contribution in [3.63, 3.8) is 0 Å². The number of hydrogen-bond donors (Lipinski definition) is 1. The van der Waals surface area contributed by atoms with Crippen molar-refractivity contribution in [1.29, 1.82) is 0 Å². The van der Waals surface area contributed by atoms with Crippen molar-refractivity contribution in [3.05, 3.63) is 0 Å². The molecule has 0 aromatic carbocycles. The van der Waals surface area contributed by atoms with Crippen LogP contribution < -0.4 is 14.8 Å². The molecule has 1 aromatic heterocycles. The highest BCUT2D eigenvalue weighted by atomic mass is 16.5. The normalized spacial score (nSPS) is 10.1. The second-order valence-corrected chi connectivity index (χ2v) is 3.11. The Hall–Kier alpha value is -1.63. The Balaban J connectivity index is 2.46. The molecule has 0 saturated carbocycles. The topological polar surface area (TPSA) is 78.4 Å². The molecule has 7 nitrogen and oxygen atoms in total. The number of methoxy groups -OCH3 is 2. The van der Waals surface area contributed by atoms with Gasteiger partial charge in [-0.15, -0.1) is 4.98 Å². The predicted octanol–water partition coefficient (Wildman–Crippen LogP) is 0.727. The summed E-state index contributed by atoms with van der Waals surface area (Å²) in [6.07, 6.45) is 0.879. The molecule has 1 rings (SSSR count). The van der Waals surface area contributed by atoms with Crippen molar-refractivity contribution in [2.24, 2.45) is 0 Å². The van der Waals surface area contributed by atoms with Gasteiger partial charge in [-0.1, -0.05) is 0 Å². The molecule has 0 saturated heterocycles. The highest BCUT2D eigenvalue weighted by molar-refractivity contribution is 5.27. The molecule has 1 N–H and O–H groups in total. The molecular formula is C10H18N4O3. The van der Waals surface area contributed by atoms with Crippen molar-refractivity contribution in [1.82, 2.24) is 15.0 Å². The largest absolute Gasteiger partial charge is 0.467 e. The van der Waals surface area contributed by atoms with E-state index in [1.165, 1.54) is 14.2 Å². The van der Waals surface area contributed by atoms with E-state index in [0.717, 1.165) is 19.6 Å². The van der Waals surface area contributed by atoms with Crippen LogP contribution >= 0.6 is 0 Å². The van der Waals surface area contributed by atoms with Crippen LogP contribution in [-0.2, 0) is 4.74 Å². The van der Waals surface area contributed by atoms with E-state index >= 15 is 0 Å². The summed E-state index contributed by atoms with van der Waals surface area (Å²) in [6.45, 7) is 4.13. The molecule has 1 heterocycles. The molecule has 7 heteroatoms. The lowest BCUT2D eigenvalue weighted by atomic mass is 10.4. The van der Waals surface area contributed by atoms with Gasteiger partial charge in [0.2, 0.25) is 5.95 Å². The fourth-order valence-corrected chi connectivity index (χ4v) is 1.12. The molecule has 0 unspecified atom stereocenters.